The van der Waals surface area contributed by atoms with Gasteiger partial charge in [-0.3, -0.25) is 0 Å². The number of aliphatic hydroxyl groups is 2. The van der Waals surface area contributed by atoms with Crippen molar-refractivity contribution in [2.45, 2.75) is 12.5 Å². The topological polar surface area (TPSA) is 61.7 Å². The Kier molecular flexibility index (Phi) is 4.93. The lowest BCUT2D eigenvalue weighted by Crippen LogP contribution is -2.20. The lowest BCUT2D eigenvalue weighted by atomic mass is 10.2. The molecule has 0 aromatic heterocycles. The zero-order chi connectivity index (χ0) is 11.1. The Balaban J connectivity index is 2.37. The van der Waals surface area contributed by atoms with Crippen LogP contribution in [0.2, 0.25) is 0 Å². The molecule has 0 spiro atoms. The summed E-state index contributed by atoms with van der Waals surface area (Å²) >= 11 is 0. The fourth-order valence-electron chi connectivity index (χ4n) is 1.20. The number of methoxy groups -OCH3 is 1. The molecule has 1 unspecified atom stereocenters. The fourth-order valence-corrected chi connectivity index (χ4v) is 1.20. The van der Waals surface area contributed by atoms with Gasteiger partial charge >= 0.3 is 0 Å². The van der Waals surface area contributed by atoms with Crippen molar-refractivity contribution in [3.05, 3.63) is 24.3 Å². The first-order chi connectivity index (χ1) is 7.26. The van der Waals surface area contributed by atoms with Gasteiger partial charge in [-0.05, 0) is 30.7 Å². The van der Waals surface area contributed by atoms with E-state index in [4.69, 9.17) is 9.84 Å². The Hall–Kier alpha value is -1.26. The molecule has 1 aromatic rings. The number of hydrogen-bond acceptors (Lipinski definition) is 4. The predicted octanol–water partition coefficient (Wildman–Crippen LogP) is 0.850. The molecule has 1 atom stereocenters. The summed E-state index contributed by atoms with van der Waals surface area (Å²) in [5.41, 5.74) is 0.924. The van der Waals surface area contributed by atoms with Crippen LogP contribution in [0.1, 0.15) is 6.42 Å². The van der Waals surface area contributed by atoms with Crippen LogP contribution < -0.4 is 10.1 Å². The number of rotatable bonds is 6. The highest BCUT2D eigenvalue weighted by atomic mass is 16.5. The molecule has 0 saturated carbocycles. The molecule has 4 nitrogen and oxygen atoms in total. The standard InChI is InChI=1S/C11H17NO3/c1-15-11-4-2-9(3-5-11)12-8-10(14)6-7-13/h2-5,10,12-14H,6-8H2,1H3. The summed E-state index contributed by atoms with van der Waals surface area (Å²) < 4.78 is 5.02. The minimum absolute atomic E-state index is 0.00542. The van der Waals surface area contributed by atoms with E-state index in [-0.39, 0.29) is 6.61 Å². The molecule has 1 rings (SSSR count). The van der Waals surface area contributed by atoms with Crippen LogP contribution in [-0.4, -0.2) is 36.6 Å². The third-order valence-corrected chi connectivity index (χ3v) is 2.09. The van der Waals surface area contributed by atoms with Crippen LogP contribution in [-0.2, 0) is 0 Å². The van der Waals surface area contributed by atoms with E-state index >= 15 is 0 Å². The first kappa shape index (κ1) is 11.8. The minimum Gasteiger partial charge on any atom is -0.497 e. The van der Waals surface area contributed by atoms with Gasteiger partial charge in [0, 0.05) is 18.8 Å². The van der Waals surface area contributed by atoms with Crippen molar-refractivity contribution in [3.63, 3.8) is 0 Å². The summed E-state index contributed by atoms with van der Waals surface area (Å²) in [7, 11) is 1.62. The average molecular weight is 211 g/mol. The highest BCUT2D eigenvalue weighted by molar-refractivity contribution is 5.46. The fraction of sp³-hybridized carbons (Fsp3) is 0.455. The van der Waals surface area contributed by atoms with E-state index in [1.807, 2.05) is 24.3 Å². The van der Waals surface area contributed by atoms with Gasteiger partial charge in [0.25, 0.3) is 0 Å². The van der Waals surface area contributed by atoms with Gasteiger partial charge in [0.15, 0.2) is 0 Å². The second-order valence-corrected chi connectivity index (χ2v) is 3.28. The second-order valence-electron chi connectivity index (χ2n) is 3.28. The largest absolute Gasteiger partial charge is 0.497 e. The normalized spacial score (nSPS) is 12.2. The summed E-state index contributed by atoms with van der Waals surface area (Å²) in [5.74, 6) is 0.802. The molecule has 0 aliphatic rings. The monoisotopic (exact) mass is 211 g/mol. The highest BCUT2D eigenvalue weighted by Gasteiger charge is 2.02. The van der Waals surface area contributed by atoms with Crippen LogP contribution in [0.4, 0.5) is 5.69 Å². The maximum Gasteiger partial charge on any atom is 0.119 e. The van der Waals surface area contributed by atoms with Crippen LogP contribution in [0, 0.1) is 0 Å². The molecule has 0 amide bonds. The molecule has 4 heteroatoms. The zero-order valence-corrected chi connectivity index (χ0v) is 8.81. The molecular formula is C11H17NO3. The first-order valence-electron chi connectivity index (χ1n) is 4.93. The molecular weight excluding hydrogens is 194 g/mol. The molecule has 1 aromatic carbocycles. The summed E-state index contributed by atoms with van der Waals surface area (Å²) in [5, 5.41) is 21.0. The molecule has 84 valence electrons. The molecule has 0 aliphatic heterocycles. The SMILES string of the molecule is COc1ccc(NCC(O)CCO)cc1. The van der Waals surface area contributed by atoms with Gasteiger partial charge in [0.1, 0.15) is 5.75 Å². The van der Waals surface area contributed by atoms with Crippen LogP contribution in [0.25, 0.3) is 0 Å². The molecule has 3 N–H and O–H groups in total. The summed E-state index contributed by atoms with van der Waals surface area (Å²) in [4.78, 5) is 0. The number of ether oxygens (including phenoxy) is 1. The van der Waals surface area contributed by atoms with Crippen LogP contribution in [0.15, 0.2) is 24.3 Å². The van der Waals surface area contributed by atoms with Gasteiger partial charge < -0.3 is 20.3 Å². The van der Waals surface area contributed by atoms with Crippen molar-refractivity contribution in [3.8, 4) is 5.75 Å². The maximum absolute atomic E-state index is 9.36. The van der Waals surface area contributed by atoms with Crippen molar-refractivity contribution >= 4 is 5.69 Å². The Labute approximate surface area is 89.5 Å². The van der Waals surface area contributed by atoms with E-state index in [0.29, 0.717) is 13.0 Å². The van der Waals surface area contributed by atoms with Gasteiger partial charge in [-0.15, -0.1) is 0 Å². The third-order valence-electron chi connectivity index (χ3n) is 2.09. The van der Waals surface area contributed by atoms with Gasteiger partial charge in [0.05, 0.1) is 13.2 Å². The number of aliphatic hydroxyl groups excluding tert-OH is 2. The highest BCUT2D eigenvalue weighted by Crippen LogP contribution is 2.14. The predicted molar refractivity (Wildman–Crippen MR) is 59.2 cm³/mol. The molecule has 0 aliphatic carbocycles. The van der Waals surface area contributed by atoms with Gasteiger partial charge in [0.2, 0.25) is 0 Å². The summed E-state index contributed by atoms with van der Waals surface area (Å²) in [6.07, 6.45) is -0.125. The third kappa shape index (κ3) is 4.18. The van der Waals surface area contributed by atoms with Crippen molar-refractivity contribution in [1.82, 2.24) is 0 Å². The van der Waals surface area contributed by atoms with E-state index in [9.17, 15) is 5.11 Å². The Morgan fingerprint density at radius 1 is 1.33 bits per heavy atom. The first-order valence-corrected chi connectivity index (χ1v) is 4.93. The number of hydrogen-bond donors (Lipinski definition) is 3. The van der Waals surface area contributed by atoms with Crippen molar-refractivity contribution in [1.29, 1.82) is 0 Å². The lowest BCUT2D eigenvalue weighted by Gasteiger charge is -2.11. The zero-order valence-electron chi connectivity index (χ0n) is 8.81. The Bertz CT molecular complexity index is 274. The molecule has 0 heterocycles. The number of anilines is 1. The van der Waals surface area contributed by atoms with Gasteiger partial charge in [-0.25, -0.2) is 0 Å². The van der Waals surface area contributed by atoms with Crippen LogP contribution in [0.5, 0.6) is 5.75 Å². The number of nitrogens with one attached hydrogen (secondary N) is 1. The van der Waals surface area contributed by atoms with E-state index < -0.39 is 6.10 Å². The lowest BCUT2D eigenvalue weighted by molar-refractivity contribution is 0.143. The second kappa shape index (κ2) is 6.27. The van der Waals surface area contributed by atoms with Crippen LogP contribution in [0.3, 0.4) is 0 Å². The van der Waals surface area contributed by atoms with Crippen LogP contribution >= 0.6 is 0 Å². The quantitative estimate of drug-likeness (QED) is 0.653. The van der Waals surface area contributed by atoms with E-state index in [1.54, 1.807) is 7.11 Å². The average Bonchev–Trinajstić information content (AvgIpc) is 2.27. The summed E-state index contributed by atoms with van der Waals surface area (Å²) in [6, 6.07) is 7.45. The molecule has 15 heavy (non-hydrogen) atoms. The van der Waals surface area contributed by atoms with Gasteiger partial charge in [-0.2, -0.15) is 0 Å². The van der Waals surface area contributed by atoms with E-state index in [1.165, 1.54) is 0 Å². The molecule has 0 fully saturated rings. The summed E-state index contributed by atoms with van der Waals surface area (Å²) in [6.45, 7) is 0.443. The molecule has 0 bridgehead atoms. The molecule has 0 radical (unpaired) electrons. The minimum atomic E-state index is -0.517. The molecule has 0 saturated heterocycles. The van der Waals surface area contributed by atoms with E-state index in [2.05, 4.69) is 5.32 Å². The maximum atomic E-state index is 9.36. The Morgan fingerprint density at radius 3 is 2.53 bits per heavy atom. The Morgan fingerprint density at radius 2 is 2.00 bits per heavy atom. The van der Waals surface area contributed by atoms with Crippen molar-refractivity contribution in [2.24, 2.45) is 0 Å². The number of benzene rings is 1. The van der Waals surface area contributed by atoms with Crippen molar-refractivity contribution < 1.29 is 14.9 Å². The van der Waals surface area contributed by atoms with E-state index in [0.717, 1.165) is 11.4 Å². The van der Waals surface area contributed by atoms with Crippen molar-refractivity contribution in [2.75, 3.05) is 25.6 Å². The smallest absolute Gasteiger partial charge is 0.119 e. The van der Waals surface area contributed by atoms with Gasteiger partial charge in [-0.1, -0.05) is 0 Å².